The maximum Gasteiger partial charge on any atom is 0.342 e. The van der Waals surface area contributed by atoms with Crippen LogP contribution < -0.4 is 0 Å². The third kappa shape index (κ3) is 1.10. The van der Waals surface area contributed by atoms with Crippen molar-refractivity contribution in [1.82, 2.24) is 10.2 Å². The lowest BCUT2D eigenvalue weighted by Crippen LogP contribution is -2.07. The van der Waals surface area contributed by atoms with E-state index in [9.17, 15) is 14.9 Å². The molecule has 6 nitrogen and oxygen atoms in total. The minimum Gasteiger partial charge on any atom is -0.358 e. The zero-order valence-electron chi connectivity index (χ0n) is 6.69. The molecule has 68 valence electrons. The number of aromatic nitrogens is 2. The van der Waals surface area contributed by atoms with Crippen molar-refractivity contribution in [2.45, 2.75) is 18.3 Å². The molecule has 13 heavy (non-hydrogen) atoms. The Hall–Kier alpha value is -1.72. The van der Waals surface area contributed by atoms with E-state index < -0.39 is 10.3 Å². The summed E-state index contributed by atoms with van der Waals surface area (Å²) in [6, 6.07) is 1.32. The fourth-order valence-electron chi connectivity index (χ4n) is 1.23. The van der Waals surface area contributed by atoms with Gasteiger partial charge in [-0.15, -0.1) is 5.10 Å². The zero-order valence-corrected chi connectivity index (χ0v) is 6.69. The number of rotatable bonds is 3. The second-order valence-corrected chi connectivity index (χ2v) is 3.17. The van der Waals surface area contributed by atoms with Crippen molar-refractivity contribution in [2.75, 3.05) is 0 Å². The van der Waals surface area contributed by atoms with Crippen molar-refractivity contribution in [3.8, 4) is 0 Å². The molecule has 0 unspecified atom stereocenters. The Morgan fingerprint density at radius 3 is 2.77 bits per heavy atom. The van der Waals surface area contributed by atoms with Gasteiger partial charge in [0.2, 0.25) is 0 Å². The van der Waals surface area contributed by atoms with Crippen LogP contribution in [0.1, 0.15) is 18.5 Å². The first kappa shape index (κ1) is 7.90. The Bertz CT molecular complexity index is 367. The molecule has 1 saturated carbocycles. The van der Waals surface area contributed by atoms with E-state index in [1.54, 1.807) is 0 Å². The van der Waals surface area contributed by atoms with Crippen molar-refractivity contribution in [2.24, 2.45) is 0 Å². The molecule has 1 N–H and O–H groups in total. The predicted octanol–water partition coefficient (Wildman–Crippen LogP) is 0.548. The number of nitrogens with one attached hydrogen (secondary N) is 1. The molecule has 0 saturated heterocycles. The fourth-order valence-corrected chi connectivity index (χ4v) is 1.23. The topological polar surface area (TPSA) is 88.9 Å². The van der Waals surface area contributed by atoms with Gasteiger partial charge >= 0.3 is 5.82 Å². The van der Waals surface area contributed by atoms with E-state index in [-0.39, 0.29) is 5.82 Å². The minimum atomic E-state index is -0.558. The molecule has 1 fully saturated rings. The van der Waals surface area contributed by atoms with Crippen molar-refractivity contribution >= 4 is 12.1 Å². The van der Waals surface area contributed by atoms with Crippen LogP contribution in [-0.4, -0.2) is 21.4 Å². The van der Waals surface area contributed by atoms with Gasteiger partial charge in [0.15, 0.2) is 0 Å². The van der Waals surface area contributed by atoms with Gasteiger partial charge in [-0.2, -0.15) is 0 Å². The van der Waals surface area contributed by atoms with Crippen LogP contribution in [0.4, 0.5) is 5.82 Å². The monoisotopic (exact) mass is 181 g/mol. The summed E-state index contributed by atoms with van der Waals surface area (Å²) in [6.45, 7) is 0. The van der Waals surface area contributed by atoms with Crippen LogP contribution in [0.15, 0.2) is 6.07 Å². The van der Waals surface area contributed by atoms with Crippen LogP contribution in [0.5, 0.6) is 0 Å². The Balaban J connectivity index is 2.32. The summed E-state index contributed by atoms with van der Waals surface area (Å²) in [7, 11) is 0. The molecule has 1 heterocycles. The fraction of sp³-hybridized carbons (Fsp3) is 0.429. The van der Waals surface area contributed by atoms with Crippen molar-refractivity contribution in [1.29, 1.82) is 0 Å². The number of hydrogen-bond donors (Lipinski definition) is 1. The molecule has 0 aliphatic heterocycles. The third-order valence-corrected chi connectivity index (χ3v) is 2.29. The van der Waals surface area contributed by atoms with Crippen LogP contribution >= 0.6 is 0 Å². The summed E-state index contributed by atoms with van der Waals surface area (Å²) in [5, 5.41) is 16.3. The maximum atomic E-state index is 10.6. The quantitative estimate of drug-likeness (QED) is 0.419. The lowest BCUT2D eigenvalue weighted by molar-refractivity contribution is -0.389. The number of nitrogens with zero attached hydrogens (tertiary/aromatic N) is 2. The molecule has 0 aromatic carbocycles. The molecule has 0 atom stereocenters. The summed E-state index contributed by atoms with van der Waals surface area (Å²) in [4.78, 5) is 20.4. The standard InChI is InChI=1S/C7H7N3O3/c11-4-7(1-2-7)5-3-6(9-8-5)10(12)13/h3-4H,1-2H2,(H,8,9). The number of carbonyl (C=O) groups is 1. The highest BCUT2D eigenvalue weighted by Gasteiger charge is 2.47. The predicted molar refractivity (Wildman–Crippen MR) is 42.2 cm³/mol. The van der Waals surface area contributed by atoms with Gasteiger partial charge in [0.05, 0.1) is 11.5 Å². The van der Waals surface area contributed by atoms with E-state index in [0.29, 0.717) is 5.69 Å². The van der Waals surface area contributed by atoms with Crippen molar-refractivity contribution in [3.63, 3.8) is 0 Å². The Labute approximate surface area is 73.1 Å². The summed E-state index contributed by atoms with van der Waals surface area (Å²) >= 11 is 0. The molecule has 1 aromatic heterocycles. The highest BCUT2D eigenvalue weighted by atomic mass is 16.6. The van der Waals surface area contributed by atoms with Crippen LogP contribution in [0, 0.1) is 10.1 Å². The van der Waals surface area contributed by atoms with E-state index >= 15 is 0 Å². The van der Waals surface area contributed by atoms with Gasteiger partial charge in [0, 0.05) is 0 Å². The average molecular weight is 181 g/mol. The summed E-state index contributed by atoms with van der Waals surface area (Å²) in [5.41, 5.74) is -0.0562. The van der Waals surface area contributed by atoms with Crippen LogP contribution in [0.3, 0.4) is 0 Å². The van der Waals surface area contributed by atoms with Crippen LogP contribution in [0.25, 0.3) is 0 Å². The first-order valence-electron chi connectivity index (χ1n) is 3.84. The summed E-state index contributed by atoms with van der Waals surface area (Å²) in [6.07, 6.45) is 2.28. The molecule has 6 heteroatoms. The van der Waals surface area contributed by atoms with Gasteiger partial charge in [-0.05, 0) is 17.8 Å². The molecule has 0 amide bonds. The lowest BCUT2D eigenvalue weighted by Gasteiger charge is -1.96. The van der Waals surface area contributed by atoms with Crippen molar-refractivity contribution < 1.29 is 9.72 Å². The highest BCUT2D eigenvalue weighted by Crippen LogP contribution is 2.45. The Kier molecular flexibility index (Phi) is 1.45. The number of H-pyrrole nitrogens is 1. The van der Waals surface area contributed by atoms with Gasteiger partial charge in [0.25, 0.3) is 0 Å². The number of carbonyl (C=O) groups excluding carboxylic acids is 1. The molecular weight excluding hydrogens is 174 g/mol. The van der Waals surface area contributed by atoms with E-state index in [0.717, 1.165) is 19.1 Å². The van der Waals surface area contributed by atoms with E-state index in [4.69, 9.17) is 0 Å². The number of nitro groups is 1. The van der Waals surface area contributed by atoms with E-state index in [1.807, 2.05) is 0 Å². The first-order chi connectivity index (χ1) is 6.18. The molecular formula is C7H7N3O3. The second-order valence-electron chi connectivity index (χ2n) is 3.17. The zero-order chi connectivity index (χ0) is 9.47. The molecule has 2 rings (SSSR count). The number of aldehydes is 1. The van der Waals surface area contributed by atoms with Gasteiger partial charge in [-0.25, -0.2) is 0 Å². The largest absolute Gasteiger partial charge is 0.358 e. The van der Waals surface area contributed by atoms with Crippen molar-refractivity contribution in [3.05, 3.63) is 21.9 Å². The van der Waals surface area contributed by atoms with Gasteiger partial charge in [0.1, 0.15) is 12.0 Å². The third-order valence-electron chi connectivity index (χ3n) is 2.29. The molecule has 1 aliphatic rings. The van der Waals surface area contributed by atoms with Gasteiger partial charge in [-0.3, -0.25) is 0 Å². The molecule has 0 radical (unpaired) electrons. The van der Waals surface area contributed by atoms with Gasteiger partial charge in [-0.1, -0.05) is 5.10 Å². The Morgan fingerprint density at radius 2 is 2.38 bits per heavy atom. The smallest absolute Gasteiger partial charge is 0.342 e. The Morgan fingerprint density at radius 1 is 1.69 bits per heavy atom. The molecule has 1 aromatic rings. The van der Waals surface area contributed by atoms with E-state index in [1.165, 1.54) is 6.07 Å². The first-order valence-corrected chi connectivity index (χ1v) is 3.84. The maximum absolute atomic E-state index is 10.6. The normalized spacial score (nSPS) is 18.2. The average Bonchev–Trinajstić information content (AvgIpc) is 2.75. The summed E-state index contributed by atoms with van der Waals surface area (Å²) in [5.74, 6) is -0.164. The van der Waals surface area contributed by atoms with Crippen LogP contribution in [0.2, 0.25) is 0 Å². The lowest BCUT2D eigenvalue weighted by atomic mass is 10.1. The highest BCUT2D eigenvalue weighted by molar-refractivity contribution is 5.72. The minimum absolute atomic E-state index is 0.164. The SMILES string of the molecule is O=CC1(c2cc([N+](=O)[O-])[nH]n2)CC1. The van der Waals surface area contributed by atoms with Crippen LogP contribution in [-0.2, 0) is 10.2 Å². The molecule has 1 aliphatic carbocycles. The molecule has 0 bridgehead atoms. The number of aromatic amines is 1. The molecule has 0 spiro atoms. The van der Waals surface area contributed by atoms with E-state index in [2.05, 4.69) is 10.2 Å². The van der Waals surface area contributed by atoms with Gasteiger partial charge < -0.3 is 14.9 Å². The summed E-state index contributed by atoms with van der Waals surface area (Å²) < 4.78 is 0. The number of hydrogen-bond acceptors (Lipinski definition) is 4. The second kappa shape index (κ2) is 2.38.